The van der Waals surface area contributed by atoms with Gasteiger partial charge in [-0.2, -0.15) is 5.10 Å². The molecule has 1 aromatic rings. The molecule has 1 aromatic heterocycles. The minimum absolute atomic E-state index is 0.118. The molecule has 1 heterocycles. The Labute approximate surface area is 96.7 Å². The Bertz CT molecular complexity index is 312. The summed E-state index contributed by atoms with van der Waals surface area (Å²) in [4.78, 5) is 0. The molecule has 0 amide bonds. The summed E-state index contributed by atoms with van der Waals surface area (Å²) in [5, 5.41) is 7.56. The van der Waals surface area contributed by atoms with Gasteiger partial charge in [0.2, 0.25) is 0 Å². The molecule has 0 radical (unpaired) electrons. The molecule has 0 saturated heterocycles. The van der Waals surface area contributed by atoms with Crippen LogP contribution in [-0.4, -0.2) is 36.6 Å². The lowest BCUT2D eigenvalue weighted by Crippen LogP contribution is -2.27. The van der Waals surface area contributed by atoms with Gasteiger partial charge in [-0.3, -0.25) is 4.68 Å². The molecule has 5 nitrogen and oxygen atoms in total. The van der Waals surface area contributed by atoms with Gasteiger partial charge in [-0.15, -0.1) is 0 Å². The van der Waals surface area contributed by atoms with Gasteiger partial charge in [0.25, 0.3) is 0 Å². The summed E-state index contributed by atoms with van der Waals surface area (Å²) in [7, 11) is 3.57. The van der Waals surface area contributed by atoms with Crippen molar-refractivity contribution in [1.82, 2.24) is 15.1 Å². The first-order chi connectivity index (χ1) is 7.74. The standard InChI is InChI=1S/C11H21N3O2/c1-5-12-9(8-16-6-2)11-10(15-4)7-13-14(11)3/h7,9,12H,5-6,8H2,1-4H3. The number of hydrogen-bond acceptors (Lipinski definition) is 4. The van der Waals surface area contributed by atoms with Crippen molar-refractivity contribution in [3.8, 4) is 5.75 Å². The van der Waals surface area contributed by atoms with Crippen LogP contribution in [0, 0.1) is 0 Å². The molecular formula is C11H21N3O2. The second kappa shape index (κ2) is 6.50. The van der Waals surface area contributed by atoms with Crippen molar-refractivity contribution in [2.24, 2.45) is 7.05 Å². The van der Waals surface area contributed by atoms with E-state index in [1.165, 1.54) is 0 Å². The SMILES string of the molecule is CCNC(COCC)c1c(OC)cnn1C. The van der Waals surface area contributed by atoms with E-state index in [2.05, 4.69) is 17.3 Å². The number of rotatable bonds is 7. The van der Waals surface area contributed by atoms with Crippen molar-refractivity contribution in [3.05, 3.63) is 11.9 Å². The smallest absolute Gasteiger partial charge is 0.161 e. The largest absolute Gasteiger partial charge is 0.493 e. The van der Waals surface area contributed by atoms with E-state index < -0.39 is 0 Å². The fourth-order valence-corrected chi connectivity index (χ4v) is 1.70. The van der Waals surface area contributed by atoms with Crippen molar-refractivity contribution in [3.63, 3.8) is 0 Å². The normalized spacial score (nSPS) is 12.8. The number of aryl methyl sites for hydroxylation is 1. The van der Waals surface area contributed by atoms with Crippen LogP contribution in [0.1, 0.15) is 25.6 Å². The third kappa shape index (κ3) is 2.96. The minimum Gasteiger partial charge on any atom is -0.493 e. The van der Waals surface area contributed by atoms with Crippen molar-refractivity contribution in [2.75, 3.05) is 26.9 Å². The zero-order valence-corrected chi connectivity index (χ0v) is 10.5. The molecule has 1 unspecified atom stereocenters. The van der Waals surface area contributed by atoms with Gasteiger partial charge in [0.1, 0.15) is 0 Å². The number of nitrogens with zero attached hydrogens (tertiary/aromatic N) is 2. The lowest BCUT2D eigenvalue weighted by Gasteiger charge is -2.19. The van der Waals surface area contributed by atoms with Crippen LogP contribution in [0.3, 0.4) is 0 Å². The average molecular weight is 227 g/mol. The van der Waals surface area contributed by atoms with E-state index in [-0.39, 0.29) is 6.04 Å². The number of likely N-dealkylation sites (N-methyl/N-ethyl adjacent to an activating group) is 1. The summed E-state index contributed by atoms with van der Waals surface area (Å²) in [6.45, 7) is 6.28. The summed E-state index contributed by atoms with van der Waals surface area (Å²) in [5.74, 6) is 0.799. The first-order valence-corrected chi connectivity index (χ1v) is 5.61. The van der Waals surface area contributed by atoms with Crippen LogP contribution in [-0.2, 0) is 11.8 Å². The summed E-state index contributed by atoms with van der Waals surface area (Å²) in [6.07, 6.45) is 1.73. The van der Waals surface area contributed by atoms with Gasteiger partial charge >= 0.3 is 0 Å². The molecule has 92 valence electrons. The van der Waals surface area contributed by atoms with Gasteiger partial charge in [0.15, 0.2) is 5.75 Å². The molecule has 0 aromatic carbocycles. The molecule has 1 rings (SSSR count). The summed E-state index contributed by atoms with van der Waals surface area (Å²) in [6, 6.07) is 0.118. The highest BCUT2D eigenvalue weighted by molar-refractivity contribution is 5.28. The van der Waals surface area contributed by atoms with E-state index in [0.29, 0.717) is 13.2 Å². The van der Waals surface area contributed by atoms with Gasteiger partial charge in [-0.1, -0.05) is 6.92 Å². The molecule has 0 aliphatic rings. The molecule has 0 aliphatic carbocycles. The number of ether oxygens (including phenoxy) is 2. The molecule has 0 aliphatic heterocycles. The van der Waals surface area contributed by atoms with E-state index in [1.54, 1.807) is 13.3 Å². The highest BCUT2D eigenvalue weighted by Crippen LogP contribution is 2.24. The van der Waals surface area contributed by atoms with E-state index in [1.807, 2.05) is 18.7 Å². The molecular weight excluding hydrogens is 206 g/mol. The minimum atomic E-state index is 0.118. The molecule has 0 bridgehead atoms. The average Bonchev–Trinajstić information content (AvgIpc) is 2.66. The van der Waals surface area contributed by atoms with Crippen LogP contribution in [0.5, 0.6) is 5.75 Å². The van der Waals surface area contributed by atoms with Crippen LogP contribution >= 0.6 is 0 Å². The van der Waals surface area contributed by atoms with Crippen LogP contribution in [0.15, 0.2) is 6.20 Å². The van der Waals surface area contributed by atoms with Gasteiger partial charge in [0, 0.05) is 13.7 Å². The zero-order valence-electron chi connectivity index (χ0n) is 10.5. The third-order valence-corrected chi connectivity index (χ3v) is 2.44. The molecule has 1 atom stereocenters. The molecule has 1 N–H and O–H groups in total. The van der Waals surface area contributed by atoms with Crippen molar-refractivity contribution >= 4 is 0 Å². The lowest BCUT2D eigenvalue weighted by molar-refractivity contribution is 0.120. The Morgan fingerprint density at radius 2 is 2.25 bits per heavy atom. The van der Waals surface area contributed by atoms with Crippen LogP contribution in [0.4, 0.5) is 0 Å². The van der Waals surface area contributed by atoms with Crippen molar-refractivity contribution in [1.29, 1.82) is 0 Å². The summed E-state index contributed by atoms with van der Waals surface area (Å²) < 4.78 is 12.6. The first-order valence-electron chi connectivity index (χ1n) is 5.61. The number of nitrogens with one attached hydrogen (secondary N) is 1. The van der Waals surface area contributed by atoms with Crippen LogP contribution < -0.4 is 10.1 Å². The van der Waals surface area contributed by atoms with E-state index >= 15 is 0 Å². The Morgan fingerprint density at radius 3 is 2.81 bits per heavy atom. The summed E-state index contributed by atoms with van der Waals surface area (Å²) in [5.41, 5.74) is 1.03. The Balaban J connectivity index is 2.85. The maximum atomic E-state index is 5.47. The van der Waals surface area contributed by atoms with Gasteiger partial charge < -0.3 is 14.8 Å². The Kier molecular flexibility index (Phi) is 5.28. The highest BCUT2D eigenvalue weighted by atomic mass is 16.5. The Morgan fingerprint density at radius 1 is 1.50 bits per heavy atom. The monoisotopic (exact) mass is 227 g/mol. The maximum Gasteiger partial charge on any atom is 0.161 e. The first kappa shape index (κ1) is 13.0. The quantitative estimate of drug-likeness (QED) is 0.758. The maximum absolute atomic E-state index is 5.47. The number of methoxy groups -OCH3 is 1. The second-order valence-corrected chi connectivity index (χ2v) is 3.49. The number of hydrogen-bond donors (Lipinski definition) is 1. The van der Waals surface area contributed by atoms with Crippen LogP contribution in [0.25, 0.3) is 0 Å². The fraction of sp³-hybridized carbons (Fsp3) is 0.727. The Hall–Kier alpha value is -1.07. The topological polar surface area (TPSA) is 48.3 Å². The van der Waals surface area contributed by atoms with Gasteiger partial charge in [-0.05, 0) is 13.5 Å². The predicted octanol–water partition coefficient (Wildman–Crippen LogP) is 1.12. The van der Waals surface area contributed by atoms with Gasteiger partial charge in [0.05, 0.1) is 31.6 Å². The fourth-order valence-electron chi connectivity index (χ4n) is 1.70. The predicted molar refractivity (Wildman–Crippen MR) is 62.7 cm³/mol. The van der Waals surface area contributed by atoms with Gasteiger partial charge in [-0.25, -0.2) is 0 Å². The molecule has 0 spiro atoms. The highest BCUT2D eigenvalue weighted by Gasteiger charge is 2.19. The number of aromatic nitrogens is 2. The third-order valence-electron chi connectivity index (χ3n) is 2.44. The molecule has 0 saturated carbocycles. The summed E-state index contributed by atoms with van der Waals surface area (Å²) >= 11 is 0. The van der Waals surface area contributed by atoms with Crippen molar-refractivity contribution in [2.45, 2.75) is 19.9 Å². The van der Waals surface area contributed by atoms with Crippen molar-refractivity contribution < 1.29 is 9.47 Å². The molecule has 5 heteroatoms. The van der Waals surface area contributed by atoms with E-state index in [9.17, 15) is 0 Å². The van der Waals surface area contributed by atoms with E-state index in [0.717, 1.165) is 18.0 Å². The van der Waals surface area contributed by atoms with Crippen LogP contribution in [0.2, 0.25) is 0 Å². The molecule has 16 heavy (non-hydrogen) atoms. The second-order valence-electron chi connectivity index (χ2n) is 3.49. The van der Waals surface area contributed by atoms with E-state index in [4.69, 9.17) is 9.47 Å². The zero-order chi connectivity index (χ0) is 12.0. The lowest BCUT2D eigenvalue weighted by atomic mass is 10.2. The molecule has 0 fully saturated rings.